The summed E-state index contributed by atoms with van der Waals surface area (Å²) < 4.78 is 1.70. The van der Waals surface area contributed by atoms with Crippen molar-refractivity contribution < 1.29 is 9.59 Å². The molecule has 2 aliphatic heterocycles. The second-order valence-electron chi connectivity index (χ2n) is 10.9. The summed E-state index contributed by atoms with van der Waals surface area (Å²) in [5.74, 6) is 0.758. The molecular weight excluding hydrogens is 482 g/mol. The van der Waals surface area contributed by atoms with Crippen molar-refractivity contribution in [2.24, 2.45) is 0 Å². The van der Waals surface area contributed by atoms with E-state index in [1.807, 2.05) is 17.0 Å². The van der Waals surface area contributed by atoms with E-state index in [0.717, 1.165) is 44.2 Å². The Morgan fingerprint density at radius 3 is 2.47 bits per heavy atom. The number of Topliss-reactive ketones (excluding diaryl/α,β-unsaturated/α-hetero) is 1. The number of nitrogens with one attached hydrogen (secondary N) is 1. The van der Waals surface area contributed by atoms with E-state index in [1.165, 1.54) is 6.92 Å². The SMILES string of the molecule is CC(=O)c1c(C)c2cnc(Nc3ccc(N4CC5CCC(CC4=O)N5C)cn3)nc2n(C2CCCC2)c1=O. The molecule has 0 radical (unpaired) electrons. The molecular formula is C28H33N7O3. The molecule has 6 rings (SSSR count). The minimum atomic E-state index is -0.275. The number of hydrogen-bond donors (Lipinski definition) is 1. The van der Waals surface area contributed by atoms with Gasteiger partial charge in [-0.25, -0.2) is 9.97 Å². The quantitative estimate of drug-likeness (QED) is 0.511. The van der Waals surface area contributed by atoms with Crippen LogP contribution in [0.2, 0.25) is 0 Å². The Kier molecular flexibility index (Phi) is 6.22. The summed E-state index contributed by atoms with van der Waals surface area (Å²) in [5.41, 5.74) is 1.87. The maximum absolute atomic E-state index is 13.4. The number of ketones is 1. The van der Waals surface area contributed by atoms with Gasteiger partial charge in [-0.15, -0.1) is 0 Å². The van der Waals surface area contributed by atoms with Gasteiger partial charge in [-0.1, -0.05) is 12.8 Å². The second-order valence-corrected chi connectivity index (χ2v) is 10.9. The normalized spacial score (nSPS) is 22.3. The molecule has 2 bridgehead atoms. The number of aromatic nitrogens is 4. The van der Waals surface area contributed by atoms with Crippen LogP contribution in [-0.4, -0.2) is 61.8 Å². The Hall–Kier alpha value is -3.66. The lowest BCUT2D eigenvalue weighted by Crippen LogP contribution is -2.38. The second kappa shape index (κ2) is 9.58. The molecule has 1 amide bonds. The van der Waals surface area contributed by atoms with Gasteiger partial charge in [0.05, 0.1) is 17.4 Å². The molecule has 198 valence electrons. The topological polar surface area (TPSA) is 113 Å². The summed E-state index contributed by atoms with van der Waals surface area (Å²) in [4.78, 5) is 56.6. The molecule has 5 heterocycles. The number of aryl methyl sites for hydroxylation is 1. The lowest BCUT2D eigenvalue weighted by Gasteiger charge is -2.25. The van der Waals surface area contributed by atoms with Crippen molar-refractivity contribution in [2.45, 2.75) is 76.9 Å². The molecule has 2 unspecified atom stereocenters. The first-order chi connectivity index (χ1) is 18.3. The number of amides is 1. The summed E-state index contributed by atoms with van der Waals surface area (Å²) >= 11 is 0. The van der Waals surface area contributed by atoms with Gasteiger partial charge in [-0.3, -0.25) is 23.9 Å². The van der Waals surface area contributed by atoms with E-state index in [0.29, 0.717) is 53.4 Å². The van der Waals surface area contributed by atoms with E-state index >= 15 is 0 Å². The van der Waals surface area contributed by atoms with Crippen LogP contribution in [0.4, 0.5) is 17.5 Å². The minimum Gasteiger partial charge on any atom is -0.309 e. The summed E-state index contributed by atoms with van der Waals surface area (Å²) in [6.45, 7) is 3.89. The molecule has 0 aromatic carbocycles. The smallest absolute Gasteiger partial charge is 0.263 e. The van der Waals surface area contributed by atoms with Crippen LogP contribution in [0.1, 0.15) is 73.8 Å². The predicted octanol–water partition coefficient (Wildman–Crippen LogP) is 3.76. The fourth-order valence-electron chi connectivity index (χ4n) is 6.47. The average molecular weight is 516 g/mol. The van der Waals surface area contributed by atoms with Gasteiger partial charge in [0.1, 0.15) is 11.5 Å². The monoisotopic (exact) mass is 515 g/mol. The van der Waals surface area contributed by atoms with Crippen molar-refractivity contribution in [1.29, 1.82) is 0 Å². The first kappa shape index (κ1) is 24.7. The largest absolute Gasteiger partial charge is 0.309 e. The fourth-order valence-corrected chi connectivity index (χ4v) is 6.47. The van der Waals surface area contributed by atoms with Crippen LogP contribution in [0.25, 0.3) is 11.0 Å². The summed E-state index contributed by atoms with van der Waals surface area (Å²) in [6.07, 6.45) is 9.97. The molecule has 10 heteroatoms. The zero-order valence-corrected chi connectivity index (χ0v) is 22.1. The van der Waals surface area contributed by atoms with Gasteiger partial charge < -0.3 is 10.2 Å². The number of carbonyl (C=O) groups excluding carboxylic acids is 2. The summed E-state index contributed by atoms with van der Waals surface area (Å²) in [5, 5.41) is 3.85. The Balaban J connectivity index is 1.30. The van der Waals surface area contributed by atoms with Crippen LogP contribution in [0.3, 0.4) is 0 Å². The van der Waals surface area contributed by atoms with Crippen molar-refractivity contribution in [2.75, 3.05) is 23.8 Å². The highest BCUT2D eigenvalue weighted by atomic mass is 16.2. The Morgan fingerprint density at radius 2 is 1.76 bits per heavy atom. The lowest BCUT2D eigenvalue weighted by molar-refractivity contribution is -0.119. The number of anilines is 3. The van der Waals surface area contributed by atoms with Crippen LogP contribution < -0.4 is 15.8 Å². The molecule has 1 N–H and O–H groups in total. The van der Waals surface area contributed by atoms with Gasteiger partial charge in [-0.05, 0) is 64.3 Å². The molecule has 2 atom stereocenters. The standard InChI is InChI=1S/C28H33N7O3/c1-16-22-14-30-28(32-26(22)35(18-6-4-5-7-18)27(38)25(16)17(2)36)31-23-11-10-20(13-29-23)34-15-21-9-8-19(33(21)3)12-24(34)37/h10-11,13-14,18-19,21H,4-9,12,15H2,1-3H3,(H,29,30,31,32). The number of pyridine rings is 2. The van der Waals surface area contributed by atoms with E-state index in [-0.39, 0.29) is 28.9 Å². The zero-order valence-electron chi connectivity index (χ0n) is 22.1. The maximum atomic E-state index is 13.4. The van der Waals surface area contributed by atoms with Crippen molar-refractivity contribution in [1.82, 2.24) is 24.4 Å². The number of likely N-dealkylation sites (N-methyl/N-ethyl adjacent to an activating group) is 1. The van der Waals surface area contributed by atoms with Gasteiger partial charge >= 0.3 is 0 Å². The third-order valence-corrected chi connectivity index (χ3v) is 8.64. The van der Waals surface area contributed by atoms with Crippen molar-refractivity contribution in [3.63, 3.8) is 0 Å². The Labute approximate surface area is 221 Å². The first-order valence-corrected chi connectivity index (χ1v) is 13.5. The van der Waals surface area contributed by atoms with E-state index in [2.05, 4.69) is 27.2 Å². The molecule has 3 aromatic rings. The van der Waals surface area contributed by atoms with Crippen LogP contribution in [-0.2, 0) is 4.79 Å². The van der Waals surface area contributed by atoms with E-state index in [4.69, 9.17) is 4.98 Å². The Bertz CT molecular complexity index is 1480. The first-order valence-electron chi connectivity index (χ1n) is 13.5. The van der Waals surface area contributed by atoms with Gasteiger partial charge in [0, 0.05) is 42.7 Å². The summed E-state index contributed by atoms with van der Waals surface area (Å²) in [6, 6.07) is 4.43. The number of fused-ring (bicyclic) bond motifs is 3. The highest BCUT2D eigenvalue weighted by Crippen LogP contribution is 2.33. The molecule has 10 nitrogen and oxygen atoms in total. The third kappa shape index (κ3) is 4.16. The fraction of sp³-hybridized carbons (Fsp3) is 0.500. The molecule has 1 aliphatic carbocycles. The molecule has 1 saturated carbocycles. The number of nitrogens with zero attached hydrogens (tertiary/aromatic N) is 6. The van der Waals surface area contributed by atoms with Gasteiger partial charge in [-0.2, -0.15) is 4.98 Å². The highest BCUT2D eigenvalue weighted by molar-refractivity contribution is 5.99. The van der Waals surface area contributed by atoms with Crippen LogP contribution >= 0.6 is 0 Å². The average Bonchev–Trinajstić information content (AvgIpc) is 3.50. The number of hydrogen-bond acceptors (Lipinski definition) is 8. The Morgan fingerprint density at radius 1 is 1.00 bits per heavy atom. The van der Waals surface area contributed by atoms with Gasteiger partial charge in [0.25, 0.3) is 5.56 Å². The van der Waals surface area contributed by atoms with Crippen LogP contribution in [0.15, 0.2) is 29.3 Å². The number of rotatable bonds is 5. The van der Waals surface area contributed by atoms with E-state index in [9.17, 15) is 14.4 Å². The molecule has 38 heavy (non-hydrogen) atoms. The molecule has 2 saturated heterocycles. The summed E-state index contributed by atoms with van der Waals surface area (Å²) in [7, 11) is 2.11. The van der Waals surface area contributed by atoms with Crippen LogP contribution in [0, 0.1) is 6.92 Å². The molecule has 0 spiro atoms. The van der Waals surface area contributed by atoms with Crippen molar-refractivity contribution in [3.05, 3.63) is 46.0 Å². The third-order valence-electron chi connectivity index (χ3n) is 8.64. The molecule has 3 aromatic heterocycles. The van der Waals surface area contributed by atoms with Gasteiger partial charge in [0.15, 0.2) is 5.78 Å². The lowest BCUT2D eigenvalue weighted by atomic mass is 10.0. The zero-order chi connectivity index (χ0) is 26.6. The van der Waals surface area contributed by atoms with Crippen molar-refractivity contribution >= 4 is 40.2 Å². The van der Waals surface area contributed by atoms with E-state index in [1.54, 1.807) is 23.9 Å². The van der Waals surface area contributed by atoms with E-state index < -0.39 is 0 Å². The predicted molar refractivity (Wildman–Crippen MR) is 145 cm³/mol. The van der Waals surface area contributed by atoms with Crippen molar-refractivity contribution in [3.8, 4) is 0 Å². The molecule has 3 fully saturated rings. The molecule has 3 aliphatic rings. The minimum absolute atomic E-state index is 0.0179. The van der Waals surface area contributed by atoms with Crippen LogP contribution in [0.5, 0.6) is 0 Å². The maximum Gasteiger partial charge on any atom is 0.263 e. The van der Waals surface area contributed by atoms with Gasteiger partial charge in [0.2, 0.25) is 11.9 Å². The number of carbonyl (C=O) groups is 2. The highest BCUT2D eigenvalue weighted by Gasteiger charge is 2.38.